The monoisotopic (exact) mass is 332 g/mol. The maximum Gasteiger partial charge on any atom is 0.263 e. The largest absolute Gasteiger partial charge is 0.335 e. The molecule has 0 bridgehead atoms. The van der Waals surface area contributed by atoms with Crippen LogP contribution in [0.15, 0.2) is 59.4 Å². The third-order valence-electron chi connectivity index (χ3n) is 4.51. The van der Waals surface area contributed by atoms with Gasteiger partial charge >= 0.3 is 0 Å². The van der Waals surface area contributed by atoms with Gasteiger partial charge in [0.15, 0.2) is 0 Å². The van der Waals surface area contributed by atoms with Crippen molar-refractivity contribution in [3.63, 3.8) is 0 Å². The molecule has 2 aromatic heterocycles. The van der Waals surface area contributed by atoms with Crippen molar-refractivity contribution in [2.45, 2.75) is 6.42 Å². The lowest BCUT2D eigenvalue weighted by molar-refractivity contribution is 0.451. The van der Waals surface area contributed by atoms with E-state index in [-0.39, 0.29) is 5.82 Å². The van der Waals surface area contributed by atoms with Gasteiger partial charge in [0.25, 0.3) is 5.71 Å². The molecule has 0 fully saturated rings. The van der Waals surface area contributed by atoms with Crippen LogP contribution in [0.5, 0.6) is 0 Å². The van der Waals surface area contributed by atoms with Crippen molar-refractivity contribution in [2.24, 2.45) is 0 Å². The zero-order valence-corrected chi connectivity index (χ0v) is 13.2. The van der Waals surface area contributed by atoms with Crippen molar-refractivity contribution in [3.05, 3.63) is 66.2 Å². The van der Waals surface area contributed by atoms with Gasteiger partial charge in [0.2, 0.25) is 0 Å². The SMILES string of the molecule is Fc1ccc(-c2noc3ncnc(N4CCc5ccccc54)c23)cc1. The minimum Gasteiger partial charge on any atom is -0.335 e. The molecule has 0 amide bonds. The summed E-state index contributed by atoms with van der Waals surface area (Å²) in [5, 5.41) is 4.90. The average molecular weight is 332 g/mol. The van der Waals surface area contributed by atoms with Crippen molar-refractivity contribution in [1.82, 2.24) is 15.1 Å². The van der Waals surface area contributed by atoms with Gasteiger partial charge in [-0.15, -0.1) is 0 Å². The minimum atomic E-state index is -0.290. The Morgan fingerprint density at radius 2 is 1.84 bits per heavy atom. The van der Waals surface area contributed by atoms with Gasteiger partial charge in [0.1, 0.15) is 29.0 Å². The zero-order valence-electron chi connectivity index (χ0n) is 13.2. The predicted octanol–water partition coefficient (Wildman–Crippen LogP) is 4.12. The zero-order chi connectivity index (χ0) is 16.8. The molecule has 0 atom stereocenters. The lowest BCUT2D eigenvalue weighted by atomic mass is 10.1. The fourth-order valence-electron chi connectivity index (χ4n) is 3.34. The molecule has 0 saturated carbocycles. The summed E-state index contributed by atoms with van der Waals surface area (Å²) in [4.78, 5) is 10.9. The maximum absolute atomic E-state index is 13.3. The second-order valence-corrected chi connectivity index (χ2v) is 5.95. The van der Waals surface area contributed by atoms with E-state index in [0.29, 0.717) is 11.4 Å². The van der Waals surface area contributed by atoms with Crippen LogP contribution in [0.25, 0.3) is 22.4 Å². The summed E-state index contributed by atoms with van der Waals surface area (Å²) in [6.45, 7) is 0.833. The van der Waals surface area contributed by atoms with Crippen LogP contribution < -0.4 is 4.90 Å². The summed E-state index contributed by atoms with van der Waals surface area (Å²) >= 11 is 0. The van der Waals surface area contributed by atoms with Gasteiger partial charge in [0, 0.05) is 17.8 Å². The van der Waals surface area contributed by atoms with E-state index in [1.54, 1.807) is 12.1 Å². The fourth-order valence-corrected chi connectivity index (χ4v) is 3.34. The molecule has 1 aliphatic rings. The molecule has 122 valence electrons. The second kappa shape index (κ2) is 5.37. The van der Waals surface area contributed by atoms with Crippen molar-refractivity contribution in [1.29, 1.82) is 0 Å². The molecular weight excluding hydrogens is 319 g/mol. The summed E-state index contributed by atoms with van der Waals surface area (Å²) < 4.78 is 18.7. The molecule has 5 nitrogen and oxygen atoms in total. The van der Waals surface area contributed by atoms with Gasteiger partial charge in [-0.05, 0) is 42.3 Å². The molecule has 3 heterocycles. The number of para-hydroxylation sites is 1. The number of rotatable bonds is 2. The Bertz CT molecular complexity index is 1070. The van der Waals surface area contributed by atoms with E-state index in [4.69, 9.17) is 4.52 Å². The maximum atomic E-state index is 13.3. The van der Waals surface area contributed by atoms with Gasteiger partial charge in [-0.1, -0.05) is 23.4 Å². The van der Waals surface area contributed by atoms with E-state index in [1.165, 1.54) is 24.0 Å². The number of halogens is 1. The summed E-state index contributed by atoms with van der Waals surface area (Å²) in [6.07, 6.45) is 2.44. The highest BCUT2D eigenvalue weighted by Gasteiger charge is 2.26. The number of benzene rings is 2. The third-order valence-corrected chi connectivity index (χ3v) is 4.51. The van der Waals surface area contributed by atoms with Gasteiger partial charge in [-0.2, -0.15) is 4.98 Å². The molecule has 2 aromatic carbocycles. The van der Waals surface area contributed by atoms with Gasteiger partial charge in [0.05, 0.1) is 0 Å². The fraction of sp³-hybridized carbons (Fsp3) is 0.105. The van der Waals surface area contributed by atoms with Gasteiger partial charge < -0.3 is 9.42 Å². The van der Waals surface area contributed by atoms with E-state index < -0.39 is 0 Å². The summed E-state index contributed by atoms with van der Waals surface area (Å²) in [5.41, 5.74) is 4.23. The highest BCUT2D eigenvalue weighted by molar-refractivity contribution is 5.99. The molecule has 0 N–H and O–H groups in total. The molecule has 5 rings (SSSR count). The quantitative estimate of drug-likeness (QED) is 0.553. The van der Waals surface area contributed by atoms with Crippen molar-refractivity contribution in [3.8, 4) is 11.3 Å². The molecule has 25 heavy (non-hydrogen) atoms. The van der Waals surface area contributed by atoms with Crippen LogP contribution in [0.4, 0.5) is 15.9 Å². The standard InChI is InChI=1S/C19H13FN4O/c20-14-7-5-13(6-8-14)17-16-18(21-11-22-19(16)25-23-17)24-10-9-12-3-1-2-4-15(12)24/h1-8,11H,9-10H2. The van der Waals surface area contributed by atoms with E-state index in [2.05, 4.69) is 32.2 Å². The summed E-state index contributed by atoms with van der Waals surface area (Å²) in [7, 11) is 0. The first-order valence-electron chi connectivity index (χ1n) is 8.03. The first-order valence-corrected chi connectivity index (χ1v) is 8.03. The second-order valence-electron chi connectivity index (χ2n) is 5.95. The molecule has 1 aliphatic heterocycles. The Morgan fingerprint density at radius 1 is 1.00 bits per heavy atom. The predicted molar refractivity (Wildman–Crippen MR) is 92.1 cm³/mol. The minimum absolute atomic E-state index is 0.290. The van der Waals surface area contributed by atoms with Gasteiger partial charge in [-0.3, -0.25) is 0 Å². The highest BCUT2D eigenvalue weighted by Crippen LogP contribution is 2.39. The van der Waals surface area contributed by atoms with Crippen LogP contribution in [-0.2, 0) is 6.42 Å². The lowest BCUT2D eigenvalue weighted by Gasteiger charge is -2.18. The van der Waals surface area contributed by atoms with Crippen LogP contribution >= 0.6 is 0 Å². The molecule has 6 heteroatoms. The van der Waals surface area contributed by atoms with Crippen molar-refractivity contribution >= 4 is 22.6 Å². The van der Waals surface area contributed by atoms with E-state index >= 15 is 0 Å². The van der Waals surface area contributed by atoms with Crippen LogP contribution in [0, 0.1) is 5.82 Å². The highest BCUT2D eigenvalue weighted by atomic mass is 19.1. The number of hydrogen-bond acceptors (Lipinski definition) is 5. The molecule has 0 unspecified atom stereocenters. The van der Waals surface area contributed by atoms with Crippen LogP contribution in [0.2, 0.25) is 0 Å². The topological polar surface area (TPSA) is 55.1 Å². The molecule has 4 aromatic rings. The van der Waals surface area contributed by atoms with Crippen LogP contribution in [0.3, 0.4) is 0 Å². The third kappa shape index (κ3) is 2.18. The molecule has 0 saturated heterocycles. The first kappa shape index (κ1) is 14.1. The Labute approximate surface area is 142 Å². The number of hydrogen-bond donors (Lipinski definition) is 0. The Kier molecular flexibility index (Phi) is 3.03. The molecular formula is C19H13FN4O. The van der Waals surface area contributed by atoms with E-state index in [0.717, 1.165) is 35.4 Å². The Hall–Kier alpha value is -3.28. The molecule has 0 aliphatic carbocycles. The van der Waals surface area contributed by atoms with Crippen molar-refractivity contribution < 1.29 is 8.91 Å². The summed E-state index contributed by atoms with van der Waals surface area (Å²) in [6, 6.07) is 14.5. The van der Waals surface area contributed by atoms with Crippen LogP contribution in [-0.4, -0.2) is 21.7 Å². The lowest BCUT2D eigenvalue weighted by Crippen LogP contribution is -2.15. The number of aromatic nitrogens is 3. The smallest absolute Gasteiger partial charge is 0.263 e. The molecule has 0 spiro atoms. The van der Waals surface area contributed by atoms with E-state index in [9.17, 15) is 4.39 Å². The van der Waals surface area contributed by atoms with Crippen molar-refractivity contribution in [2.75, 3.05) is 11.4 Å². The normalized spacial score (nSPS) is 13.4. The summed E-state index contributed by atoms with van der Waals surface area (Å²) in [5.74, 6) is 0.469. The number of anilines is 2. The number of fused-ring (bicyclic) bond motifs is 2. The van der Waals surface area contributed by atoms with E-state index in [1.807, 2.05) is 12.1 Å². The van der Waals surface area contributed by atoms with Crippen LogP contribution in [0.1, 0.15) is 5.56 Å². The Balaban J connectivity index is 1.72. The van der Waals surface area contributed by atoms with Gasteiger partial charge in [-0.25, -0.2) is 9.37 Å². The number of nitrogens with zero attached hydrogens (tertiary/aromatic N) is 4. The molecule has 0 radical (unpaired) electrons. The average Bonchev–Trinajstić information content (AvgIpc) is 3.26. The first-order chi connectivity index (χ1) is 12.3. The Morgan fingerprint density at radius 3 is 2.72 bits per heavy atom.